The van der Waals surface area contributed by atoms with Crippen LogP contribution in [0.25, 0.3) is 11.4 Å². The van der Waals surface area contributed by atoms with Crippen LogP contribution in [0.4, 0.5) is 24.5 Å². The van der Waals surface area contributed by atoms with Gasteiger partial charge in [-0.2, -0.15) is 13.2 Å². The van der Waals surface area contributed by atoms with Gasteiger partial charge in [0.05, 0.1) is 17.0 Å². The molecule has 0 aliphatic heterocycles. The molecule has 3 N–H and O–H groups in total. The standard InChI is InChI=1S/C19H16F3N5O2S/c1-11(28)23-13-6-4-5-12(9-13)17-25-18(27-26-17)30-10-16(29)24-15-8-3-2-7-14(15)19(20,21)22/h2-9H,10H2,1H3,(H,23,28)(H,24,29)(H,25,26,27). The number of H-pyrrole nitrogens is 1. The highest BCUT2D eigenvalue weighted by Crippen LogP contribution is 2.34. The van der Waals surface area contributed by atoms with E-state index in [1.165, 1.54) is 25.1 Å². The number of nitrogens with one attached hydrogen (secondary N) is 3. The maximum Gasteiger partial charge on any atom is 0.418 e. The van der Waals surface area contributed by atoms with Crippen molar-refractivity contribution >= 4 is 35.0 Å². The number of benzene rings is 2. The van der Waals surface area contributed by atoms with E-state index < -0.39 is 17.6 Å². The first-order chi connectivity index (χ1) is 14.2. The minimum absolute atomic E-state index is 0.171. The van der Waals surface area contributed by atoms with Gasteiger partial charge < -0.3 is 10.6 Å². The molecule has 0 fully saturated rings. The summed E-state index contributed by atoms with van der Waals surface area (Å²) in [6, 6.07) is 11.7. The maximum atomic E-state index is 13.0. The van der Waals surface area contributed by atoms with Gasteiger partial charge in [0.15, 0.2) is 5.82 Å². The van der Waals surface area contributed by atoms with Crippen LogP contribution < -0.4 is 10.6 Å². The van der Waals surface area contributed by atoms with Crippen molar-refractivity contribution in [3.8, 4) is 11.4 Å². The van der Waals surface area contributed by atoms with Crippen LogP contribution in [0.2, 0.25) is 0 Å². The topological polar surface area (TPSA) is 99.8 Å². The summed E-state index contributed by atoms with van der Waals surface area (Å²) in [6.07, 6.45) is -4.57. The second kappa shape index (κ2) is 8.99. The van der Waals surface area contributed by atoms with E-state index in [4.69, 9.17) is 0 Å². The third-order valence-corrected chi connectivity index (χ3v) is 4.61. The number of carbonyl (C=O) groups excluding carboxylic acids is 2. The number of para-hydroxylation sites is 1. The highest BCUT2D eigenvalue weighted by molar-refractivity contribution is 7.99. The molecule has 0 saturated heterocycles. The van der Waals surface area contributed by atoms with Gasteiger partial charge in [-0.05, 0) is 24.3 Å². The van der Waals surface area contributed by atoms with E-state index in [0.29, 0.717) is 17.1 Å². The summed E-state index contributed by atoms with van der Waals surface area (Å²) >= 11 is 0.975. The third kappa shape index (κ3) is 5.60. The Morgan fingerprint density at radius 3 is 2.60 bits per heavy atom. The highest BCUT2D eigenvalue weighted by atomic mass is 32.2. The molecule has 11 heteroatoms. The van der Waals surface area contributed by atoms with Crippen molar-refractivity contribution in [2.24, 2.45) is 0 Å². The Labute approximate surface area is 173 Å². The van der Waals surface area contributed by atoms with Crippen molar-refractivity contribution in [2.45, 2.75) is 18.3 Å². The second-order valence-electron chi connectivity index (χ2n) is 6.11. The van der Waals surface area contributed by atoms with Crippen molar-refractivity contribution in [2.75, 3.05) is 16.4 Å². The first-order valence-electron chi connectivity index (χ1n) is 8.61. The minimum atomic E-state index is -4.57. The Kier molecular flexibility index (Phi) is 6.40. The Morgan fingerprint density at radius 1 is 1.10 bits per heavy atom. The van der Waals surface area contributed by atoms with Gasteiger partial charge in [-0.1, -0.05) is 36.0 Å². The van der Waals surface area contributed by atoms with Gasteiger partial charge in [-0.3, -0.25) is 14.7 Å². The molecule has 3 rings (SSSR count). The Hall–Kier alpha value is -3.34. The number of carbonyl (C=O) groups is 2. The van der Waals surface area contributed by atoms with Crippen molar-refractivity contribution < 1.29 is 22.8 Å². The zero-order valence-electron chi connectivity index (χ0n) is 15.6. The number of hydrogen-bond acceptors (Lipinski definition) is 5. The van der Waals surface area contributed by atoms with E-state index in [9.17, 15) is 22.8 Å². The molecule has 0 radical (unpaired) electrons. The number of alkyl halides is 3. The number of halogens is 3. The summed E-state index contributed by atoms with van der Waals surface area (Å²) in [4.78, 5) is 27.5. The lowest BCUT2D eigenvalue weighted by molar-refractivity contribution is -0.137. The molecular weight excluding hydrogens is 419 g/mol. The molecule has 0 bridgehead atoms. The van der Waals surface area contributed by atoms with E-state index in [0.717, 1.165) is 17.8 Å². The SMILES string of the molecule is CC(=O)Nc1cccc(-c2nc(SCC(=O)Nc3ccccc3C(F)(F)F)n[nH]2)c1. The molecule has 3 aromatic rings. The molecular formula is C19H16F3N5O2S. The average Bonchev–Trinajstić information content (AvgIpc) is 3.15. The first-order valence-corrected chi connectivity index (χ1v) is 9.60. The Morgan fingerprint density at radius 2 is 1.87 bits per heavy atom. The van der Waals surface area contributed by atoms with Crippen LogP contribution >= 0.6 is 11.8 Å². The lowest BCUT2D eigenvalue weighted by Crippen LogP contribution is -2.18. The molecule has 0 atom stereocenters. The Bertz CT molecular complexity index is 1070. The predicted molar refractivity (Wildman–Crippen MR) is 107 cm³/mol. The first kappa shape index (κ1) is 21.4. The van der Waals surface area contributed by atoms with Gasteiger partial charge in [0.1, 0.15) is 0 Å². The quantitative estimate of drug-likeness (QED) is 0.505. The fourth-order valence-electron chi connectivity index (χ4n) is 2.54. The van der Waals surface area contributed by atoms with Crippen molar-refractivity contribution in [1.29, 1.82) is 0 Å². The summed E-state index contributed by atoms with van der Waals surface area (Å²) in [6.45, 7) is 1.40. The molecule has 0 saturated carbocycles. The number of aromatic amines is 1. The number of nitrogens with zero attached hydrogens (tertiary/aromatic N) is 2. The zero-order chi connectivity index (χ0) is 21.7. The molecule has 156 valence electrons. The van der Waals surface area contributed by atoms with Gasteiger partial charge in [0.2, 0.25) is 17.0 Å². The van der Waals surface area contributed by atoms with E-state index in [1.54, 1.807) is 24.3 Å². The molecule has 0 unspecified atom stereocenters. The lowest BCUT2D eigenvalue weighted by atomic mass is 10.1. The van der Waals surface area contributed by atoms with Crippen LogP contribution in [0.3, 0.4) is 0 Å². The largest absolute Gasteiger partial charge is 0.418 e. The summed E-state index contributed by atoms with van der Waals surface area (Å²) in [5.41, 5.74) is 0.0427. The fourth-order valence-corrected chi connectivity index (χ4v) is 3.14. The smallest absolute Gasteiger partial charge is 0.326 e. The molecule has 2 amide bonds. The number of thioether (sulfide) groups is 1. The Balaban J connectivity index is 1.62. The maximum absolute atomic E-state index is 13.0. The zero-order valence-corrected chi connectivity index (χ0v) is 16.4. The van der Waals surface area contributed by atoms with Gasteiger partial charge in [0, 0.05) is 18.2 Å². The number of hydrogen-bond donors (Lipinski definition) is 3. The minimum Gasteiger partial charge on any atom is -0.326 e. The van der Waals surface area contributed by atoms with Crippen molar-refractivity contribution in [3.63, 3.8) is 0 Å². The number of rotatable bonds is 6. The van der Waals surface area contributed by atoms with Gasteiger partial charge in [-0.15, -0.1) is 5.10 Å². The van der Waals surface area contributed by atoms with E-state index in [2.05, 4.69) is 25.8 Å². The van der Waals surface area contributed by atoms with Crippen LogP contribution in [-0.2, 0) is 15.8 Å². The third-order valence-electron chi connectivity index (χ3n) is 3.76. The summed E-state index contributed by atoms with van der Waals surface area (Å²) in [5, 5.41) is 11.9. The van der Waals surface area contributed by atoms with E-state index in [1.807, 2.05) is 0 Å². The molecule has 1 heterocycles. The molecule has 0 spiro atoms. The normalized spacial score (nSPS) is 11.2. The van der Waals surface area contributed by atoms with Crippen LogP contribution in [0.5, 0.6) is 0 Å². The van der Waals surface area contributed by atoms with Gasteiger partial charge in [-0.25, -0.2) is 4.98 Å². The van der Waals surface area contributed by atoms with Crippen molar-refractivity contribution in [1.82, 2.24) is 15.2 Å². The molecule has 0 aliphatic carbocycles. The van der Waals surface area contributed by atoms with Gasteiger partial charge >= 0.3 is 6.18 Å². The average molecular weight is 435 g/mol. The summed E-state index contributed by atoms with van der Waals surface area (Å²) in [5.74, 6) is -0.572. The number of amides is 2. The van der Waals surface area contributed by atoms with E-state index >= 15 is 0 Å². The number of aromatic nitrogens is 3. The highest BCUT2D eigenvalue weighted by Gasteiger charge is 2.33. The molecule has 1 aromatic heterocycles. The predicted octanol–water partition coefficient (Wildman–Crippen LogP) is 4.18. The second-order valence-corrected chi connectivity index (χ2v) is 7.05. The lowest BCUT2D eigenvalue weighted by Gasteiger charge is -2.13. The van der Waals surface area contributed by atoms with E-state index in [-0.39, 0.29) is 22.5 Å². The summed E-state index contributed by atoms with van der Waals surface area (Å²) < 4.78 is 39.0. The fraction of sp³-hybridized carbons (Fsp3) is 0.158. The van der Waals surface area contributed by atoms with Crippen LogP contribution in [0, 0.1) is 0 Å². The van der Waals surface area contributed by atoms with Crippen LogP contribution in [0.1, 0.15) is 12.5 Å². The molecule has 30 heavy (non-hydrogen) atoms. The van der Waals surface area contributed by atoms with Crippen molar-refractivity contribution in [3.05, 3.63) is 54.1 Å². The molecule has 2 aromatic carbocycles. The van der Waals surface area contributed by atoms with Gasteiger partial charge in [0.25, 0.3) is 0 Å². The van der Waals surface area contributed by atoms with Crippen LogP contribution in [-0.4, -0.2) is 32.7 Å². The molecule has 0 aliphatic rings. The van der Waals surface area contributed by atoms with Crippen LogP contribution in [0.15, 0.2) is 53.7 Å². The number of anilines is 2. The summed E-state index contributed by atoms with van der Waals surface area (Å²) in [7, 11) is 0. The monoisotopic (exact) mass is 435 g/mol. The molecule has 7 nitrogen and oxygen atoms in total.